The summed E-state index contributed by atoms with van der Waals surface area (Å²) in [7, 11) is 0. The number of carboxylic acids is 1. The second-order valence-corrected chi connectivity index (χ2v) is 4.74. The molecule has 0 radical (unpaired) electrons. The molecule has 7 nitrogen and oxygen atoms in total. The van der Waals surface area contributed by atoms with Crippen molar-refractivity contribution in [3.8, 4) is 0 Å². The summed E-state index contributed by atoms with van der Waals surface area (Å²) >= 11 is 3.25. The normalized spacial score (nSPS) is 10.2. The summed E-state index contributed by atoms with van der Waals surface area (Å²) in [6.07, 6.45) is 1.18. The van der Waals surface area contributed by atoms with Gasteiger partial charge in [-0.15, -0.1) is 0 Å². The molecule has 1 aromatic heterocycles. The van der Waals surface area contributed by atoms with Gasteiger partial charge in [0.2, 0.25) is 0 Å². The molecule has 0 atom stereocenters. The van der Waals surface area contributed by atoms with E-state index in [9.17, 15) is 9.59 Å². The molecule has 21 heavy (non-hydrogen) atoms. The topological polar surface area (TPSA) is 102 Å². The minimum Gasteiger partial charge on any atom is -0.478 e. The average Bonchev–Trinajstić information content (AvgIpc) is 2.90. The second-order valence-electron chi connectivity index (χ2n) is 3.88. The van der Waals surface area contributed by atoms with Crippen LogP contribution in [0.3, 0.4) is 0 Å². The maximum absolute atomic E-state index is 11.4. The van der Waals surface area contributed by atoms with Crippen molar-refractivity contribution < 1.29 is 23.8 Å². The summed E-state index contributed by atoms with van der Waals surface area (Å²) in [5.74, 6) is -1.60. The lowest BCUT2D eigenvalue weighted by Gasteiger charge is -2.05. The van der Waals surface area contributed by atoms with E-state index < -0.39 is 11.9 Å². The molecule has 0 fully saturated rings. The highest BCUT2D eigenvalue weighted by Gasteiger charge is 2.14. The zero-order valence-electron chi connectivity index (χ0n) is 10.9. The highest BCUT2D eigenvalue weighted by molar-refractivity contribution is 9.10. The van der Waals surface area contributed by atoms with E-state index in [-0.39, 0.29) is 23.9 Å². The molecule has 0 saturated carbocycles. The van der Waals surface area contributed by atoms with Crippen LogP contribution < -0.4 is 5.32 Å². The van der Waals surface area contributed by atoms with Gasteiger partial charge < -0.3 is 19.6 Å². The Kier molecular flexibility index (Phi) is 4.59. The highest BCUT2D eigenvalue weighted by atomic mass is 79.9. The molecule has 0 aliphatic heterocycles. The molecule has 0 bridgehead atoms. The minimum atomic E-state index is -1.03. The summed E-state index contributed by atoms with van der Waals surface area (Å²) in [6, 6.07) is 4.54. The number of ether oxygens (including phenoxy) is 1. The van der Waals surface area contributed by atoms with Crippen LogP contribution in [0.1, 0.15) is 27.8 Å². The van der Waals surface area contributed by atoms with E-state index in [1.165, 1.54) is 18.4 Å². The van der Waals surface area contributed by atoms with E-state index in [4.69, 9.17) is 14.3 Å². The fourth-order valence-corrected chi connectivity index (χ4v) is 1.97. The number of aromatic nitrogens is 1. The molecule has 1 aromatic carbocycles. The minimum absolute atomic E-state index is 0.0534. The summed E-state index contributed by atoms with van der Waals surface area (Å²) < 4.78 is 10.4. The molecule has 110 valence electrons. The number of carbonyl (C=O) groups excluding carboxylic acids is 1. The number of aromatic carboxylic acids is 1. The molecule has 8 heteroatoms. The first kappa shape index (κ1) is 15.0. The van der Waals surface area contributed by atoms with Crippen LogP contribution in [0.2, 0.25) is 0 Å². The Bertz CT molecular complexity index is 683. The Balaban J connectivity index is 2.15. The van der Waals surface area contributed by atoms with Crippen LogP contribution in [0.25, 0.3) is 0 Å². The van der Waals surface area contributed by atoms with Crippen molar-refractivity contribution in [3.63, 3.8) is 0 Å². The van der Waals surface area contributed by atoms with Gasteiger partial charge in [-0.1, -0.05) is 0 Å². The number of carbonyl (C=O) groups is 2. The smallest absolute Gasteiger partial charge is 0.360 e. The molecule has 0 aliphatic rings. The van der Waals surface area contributed by atoms with E-state index in [1.807, 2.05) is 0 Å². The number of benzene rings is 1. The number of carboxylic acid groups (broad SMARTS) is 1. The van der Waals surface area contributed by atoms with E-state index in [2.05, 4.69) is 26.2 Å². The van der Waals surface area contributed by atoms with Gasteiger partial charge in [-0.2, -0.15) is 4.98 Å². The zero-order valence-corrected chi connectivity index (χ0v) is 12.5. The van der Waals surface area contributed by atoms with Crippen LogP contribution in [0.5, 0.6) is 0 Å². The summed E-state index contributed by atoms with van der Waals surface area (Å²) in [5, 5.41) is 11.7. The molecule has 1 heterocycles. The van der Waals surface area contributed by atoms with Gasteiger partial charge in [-0.3, -0.25) is 0 Å². The molecule has 0 spiro atoms. The van der Waals surface area contributed by atoms with Crippen molar-refractivity contribution in [2.24, 2.45) is 0 Å². The van der Waals surface area contributed by atoms with Crippen molar-refractivity contribution in [2.75, 3.05) is 11.9 Å². The molecular formula is C13H11BrN2O5. The third-order valence-electron chi connectivity index (χ3n) is 2.45. The summed E-state index contributed by atoms with van der Waals surface area (Å²) in [4.78, 5) is 26.2. The Labute approximate surface area is 128 Å². The number of rotatable bonds is 5. The van der Waals surface area contributed by atoms with Crippen LogP contribution >= 0.6 is 15.9 Å². The first-order valence-electron chi connectivity index (χ1n) is 5.93. The molecule has 0 amide bonds. The van der Waals surface area contributed by atoms with Crippen molar-refractivity contribution in [1.82, 2.24) is 4.98 Å². The first-order chi connectivity index (χ1) is 10.0. The van der Waals surface area contributed by atoms with Gasteiger partial charge in [0.15, 0.2) is 5.69 Å². The average molecular weight is 355 g/mol. The van der Waals surface area contributed by atoms with E-state index in [1.54, 1.807) is 13.0 Å². The lowest BCUT2D eigenvalue weighted by atomic mass is 10.2. The van der Waals surface area contributed by atoms with E-state index in [0.717, 1.165) is 0 Å². The van der Waals surface area contributed by atoms with Crippen LogP contribution in [-0.2, 0) is 4.74 Å². The lowest BCUT2D eigenvalue weighted by Crippen LogP contribution is -2.05. The fourth-order valence-electron chi connectivity index (χ4n) is 1.49. The van der Waals surface area contributed by atoms with Crippen molar-refractivity contribution in [3.05, 3.63) is 40.2 Å². The highest BCUT2D eigenvalue weighted by Crippen LogP contribution is 2.26. The second kappa shape index (κ2) is 6.40. The maximum Gasteiger partial charge on any atom is 0.360 e. The molecule has 0 saturated heterocycles. The standard InChI is InChI=1S/C13H11BrN2O5/c1-2-20-12(19)10-6-21-13(16-10)15-9-4-3-7(11(17)18)5-8(9)14/h3-6H,2H2,1H3,(H,15,16)(H,17,18). The van der Waals surface area contributed by atoms with Crippen LogP contribution in [0.4, 0.5) is 11.7 Å². The Hall–Kier alpha value is -2.35. The third kappa shape index (κ3) is 3.60. The number of hydrogen-bond acceptors (Lipinski definition) is 6. The molecular weight excluding hydrogens is 344 g/mol. The zero-order chi connectivity index (χ0) is 15.4. The van der Waals surface area contributed by atoms with Crippen molar-refractivity contribution in [2.45, 2.75) is 6.92 Å². The number of hydrogen-bond donors (Lipinski definition) is 2. The monoisotopic (exact) mass is 354 g/mol. The van der Waals surface area contributed by atoms with E-state index >= 15 is 0 Å². The van der Waals surface area contributed by atoms with Crippen LogP contribution in [0.15, 0.2) is 33.4 Å². The predicted molar refractivity (Wildman–Crippen MR) is 76.8 cm³/mol. The first-order valence-corrected chi connectivity index (χ1v) is 6.73. The van der Waals surface area contributed by atoms with Crippen LogP contribution in [-0.4, -0.2) is 28.6 Å². The van der Waals surface area contributed by atoms with Crippen molar-refractivity contribution >= 4 is 39.6 Å². The van der Waals surface area contributed by atoms with Gasteiger partial charge in [0, 0.05) is 4.47 Å². The molecule has 2 N–H and O–H groups in total. The SMILES string of the molecule is CCOC(=O)c1coc(Nc2ccc(C(=O)O)cc2Br)n1. The molecule has 0 aliphatic carbocycles. The quantitative estimate of drug-likeness (QED) is 0.795. The number of anilines is 2. The van der Waals surface area contributed by atoms with Gasteiger partial charge in [0.1, 0.15) is 6.26 Å². The fraction of sp³-hybridized carbons (Fsp3) is 0.154. The third-order valence-corrected chi connectivity index (χ3v) is 3.10. The van der Waals surface area contributed by atoms with Gasteiger partial charge in [0.05, 0.1) is 17.9 Å². The lowest BCUT2D eigenvalue weighted by molar-refractivity contribution is 0.0519. The Morgan fingerprint density at radius 2 is 2.24 bits per heavy atom. The summed E-state index contributed by atoms with van der Waals surface area (Å²) in [5.41, 5.74) is 0.752. The Morgan fingerprint density at radius 1 is 1.48 bits per heavy atom. The number of esters is 1. The van der Waals surface area contributed by atoms with Gasteiger partial charge in [0.25, 0.3) is 6.01 Å². The predicted octanol–water partition coefficient (Wildman–Crippen LogP) is 3.06. The maximum atomic E-state index is 11.4. The number of nitrogens with one attached hydrogen (secondary N) is 1. The number of nitrogens with zero attached hydrogens (tertiary/aromatic N) is 1. The molecule has 2 aromatic rings. The molecule has 2 rings (SSSR count). The van der Waals surface area contributed by atoms with Crippen molar-refractivity contribution in [1.29, 1.82) is 0 Å². The van der Waals surface area contributed by atoms with E-state index in [0.29, 0.717) is 10.2 Å². The molecule has 0 unspecified atom stereocenters. The van der Waals surface area contributed by atoms with Gasteiger partial charge in [-0.05, 0) is 41.1 Å². The number of oxazole rings is 1. The summed E-state index contributed by atoms with van der Waals surface area (Å²) in [6.45, 7) is 1.94. The largest absolute Gasteiger partial charge is 0.478 e. The van der Waals surface area contributed by atoms with Gasteiger partial charge >= 0.3 is 11.9 Å². The Morgan fingerprint density at radius 3 is 2.86 bits per heavy atom. The number of halogens is 1. The van der Waals surface area contributed by atoms with Crippen LogP contribution in [0, 0.1) is 0 Å². The van der Waals surface area contributed by atoms with Gasteiger partial charge in [-0.25, -0.2) is 9.59 Å².